The number of Topliss-reactive ketones (excluding diaryl/α,β-unsaturated/α-hetero) is 1. The summed E-state index contributed by atoms with van der Waals surface area (Å²) in [5, 5.41) is 0. The summed E-state index contributed by atoms with van der Waals surface area (Å²) < 4.78 is 0. The third-order valence-corrected chi connectivity index (χ3v) is 3.34. The Balaban J connectivity index is 2.06. The van der Waals surface area contributed by atoms with Crippen molar-refractivity contribution in [2.45, 2.75) is 32.9 Å². The molecule has 2 heteroatoms. The van der Waals surface area contributed by atoms with E-state index in [1.165, 1.54) is 5.56 Å². The molecule has 1 aliphatic heterocycles. The van der Waals surface area contributed by atoms with E-state index in [0.29, 0.717) is 11.7 Å². The van der Waals surface area contributed by atoms with Gasteiger partial charge in [-0.3, -0.25) is 9.69 Å². The van der Waals surface area contributed by atoms with Crippen LogP contribution < -0.4 is 0 Å². The highest BCUT2D eigenvalue weighted by molar-refractivity contribution is 5.84. The molecular formula is C14H19NO. The maximum absolute atomic E-state index is 11.8. The number of carbonyl (C=O) groups excluding carboxylic acids is 1. The lowest BCUT2D eigenvalue weighted by atomic mass is 9.93. The molecule has 0 saturated carbocycles. The molecule has 1 aromatic rings. The first-order valence-electron chi connectivity index (χ1n) is 5.97. The third-order valence-electron chi connectivity index (χ3n) is 3.34. The normalized spacial score (nSPS) is 27.0. The molecule has 0 bridgehead atoms. The third kappa shape index (κ3) is 2.50. The van der Waals surface area contributed by atoms with Gasteiger partial charge < -0.3 is 0 Å². The summed E-state index contributed by atoms with van der Waals surface area (Å²) in [6, 6.07) is 10.4. The van der Waals surface area contributed by atoms with Gasteiger partial charge in [0.15, 0.2) is 0 Å². The van der Waals surface area contributed by atoms with Gasteiger partial charge in [0, 0.05) is 19.5 Å². The Morgan fingerprint density at radius 3 is 2.62 bits per heavy atom. The first-order valence-corrected chi connectivity index (χ1v) is 5.97. The van der Waals surface area contributed by atoms with Gasteiger partial charge in [-0.25, -0.2) is 0 Å². The molecule has 2 atom stereocenters. The summed E-state index contributed by atoms with van der Waals surface area (Å²) in [6.07, 6.45) is 0.743. The molecule has 0 N–H and O–H groups in total. The zero-order valence-corrected chi connectivity index (χ0v) is 10.0. The Kier molecular flexibility index (Phi) is 3.39. The highest BCUT2D eigenvalue weighted by Gasteiger charge is 2.29. The Bertz CT molecular complexity index is 360. The molecule has 16 heavy (non-hydrogen) atoms. The van der Waals surface area contributed by atoms with Crippen molar-refractivity contribution in [3.05, 3.63) is 35.9 Å². The first kappa shape index (κ1) is 11.3. The number of hydrogen-bond donors (Lipinski definition) is 0. The van der Waals surface area contributed by atoms with Crippen LogP contribution in [0.25, 0.3) is 0 Å². The second-order valence-corrected chi connectivity index (χ2v) is 4.87. The van der Waals surface area contributed by atoms with E-state index in [2.05, 4.69) is 36.1 Å². The standard InChI is InChI=1S/C14H19NO/c1-11-8-14(16)12(2)15(9-11)10-13-6-4-3-5-7-13/h3-7,11-12H,8-10H2,1-2H3/t11-,12+/m1/s1. The minimum Gasteiger partial charge on any atom is -0.298 e. The molecule has 0 aliphatic carbocycles. The van der Waals surface area contributed by atoms with E-state index in [-0.39, 0.29) is 6.04 Å². The van der Waals surface area contributed by atoms with Crippen molar-refractivity contribution in [2.24, 2.45) is 5.92 Å². The predicted octanol–water partition coefficient (Wildman–Crippen LogP) is 2.49. The highest BCUT2D eigenvalue weighted by atomic mass is 16.1. The van der Waals surface area contributed by atoms with Crippen LogP contribution >= 0.6 is 0 Å². The molecule has 2 nitrogen and oxygen atoms in total. The summed E-state index contributed by atoms with van der Waals surface area (Å²) >= 11 is 0. The van der Waals surface area contributed by atoms with Crippen molar-refractivity contribution >= 4 is 5.78 Å². The zero-order chi connectivity index (χ0) is 11.5. The molecule has 1 aromatic carbocycles. The SMILES string of the molecule is C[C@@H]1CC(=O)[C@H](C)N(Cc2ccccc2)C1. The number of piperidine rings is 1. The van der Waals surface area contributed by atoms with E-state index in [1.807, 2.05) is 13.0 Å². The Morgan fingerprint density at radius 1 is 1.25 bits per heavy atom. The molecule has 1 aliphatic rings. The lowest BCUT2D eigenvalue weighted by molar-refractivity contribution is -0.128. The van der Waals surface area contributed by atoms with Crippen LogP contribution in [0.2, 0.25) is 0 Å². The van der Waals surface area contributed by atoms with E-state index in [9.17, 15) is 4.79 Å². The van der Waals surface area contributed by atoms with Crippen molar-refractivity contribution < 1.29 is 4.79 Å². The van der Waals surface area contributed by atoms with E-state index in [4.69, 9.17) is 0 Å². The first-order chi connectivity index (χ1) is 7.66. The Morgan fingerprint density at radius 2 is 1.94 bits per heavy atom. The summed E-state index contributed by atoms with van der Waals surface area (Å²) in [5.74, 6) is 0.877. The Hall–Kier alpha value is -1.15. The van der Waals surface area contributed by atoms with Crippen LogP contribution in [0.1, 0.15) is 25.8 Å². The van der Waals surface area contributed by atoms with Crippen molar-refractivity contribution in [1.29, 1.82) is 0 Å². The molecule has 2 rings (SSSR count). The van der Waals surface area contributed by atoms with Crippen LogP contribution in [0.3, 0.4) is 0 Å². The van der Waals surface area contributed by atoms with Crippen LogP contribution in [-0.4, -0.2) is 23.3 Å². The van der Waals surface area contributed by atoms with Crippen molar-refractivity contribution in [2.75, 3.05) is 6.54 Å². The molecule has 0 aromatic heterocycles. The summed E-state index contributed by atoms with van der Waals surface area (Å²) in [6.45, 7) is 6.10. The molecule has 0 spiro atoms. The molecule has 0 unspecified atom stereocenters. The number of benzene rings is 1. The van der Waals surface area contributed by atoms with Crippen molar-refractivity contribution in [3.8, 4) is 0 Å². The summed E-state index contributed by atoms with van der Waals surface area (Å²) in [5.41, 5.74) is 1.29. The summed E-state index contributed by atoms with van der Waals surface area (Å²) in [4.78, 5) is 14.0. The van der Waals surface area contributed by atoms with Crippen LogP contribution in [0.4, 0.5) is 0 Å². The topological polar surface area (TPSA) is 20.3 Å². The van der Waals surface area contributed by atoms with Gasteiger partial charge in [0.25, 0.3) is 0 Å². The number of likely N-dealkylation sites (tertiary alicyclic amines) is 1. The smallest absolute Gasteiger partial charge is 0.150 e. The number of ketones is 1. The number of hydrogen-bond acceptors (Lipinski definition) is 2. The molecule has 1 fully saturated rings. The lowest BCUT2D eigenvalue weighted by Crippen LogP contribution is -2.46. The fraction of sp³-hybridized carbons (Fsp3) is 0.500. The second kappa shape index (κ2) is 4.79. The largest absolute Gasteiger partial charge is 0.298 e. The number of nitrogens with zero attached hydrogens (tertiary/aromatic N) is 1. The summed E-state index contributed by atoms with van der Waals surface area (Å²) in [7, 11) is 0. The van der Waals surface area contributed by atoms with Gasteiger partial charge in [0.1, 0.15) is 5.78 Å². The molecule has 1 saturated heterocycles. The van der Waals surface area contributed by atoms with Gasteiger partial charge in [-0.1, -0.05) is 37.3 Å². The monoisotopic (exact) mass is 217 g/mol. The number of carbonyl (C=O) groups is 1. The van der Waals surface area contributed by atoms with Gasteiger partial charge in [-0.2, -0.15) is 0 Å². The average molecular weight is 217 g/mol. The molecular weight excluding hydrogens is 198 g/mol. The van der Waals surface area contributed by atoms with E-state index in [0.717, 1.165) is 19.5 Å². The van der Waals surface area contributed by atoms with Crippen LogP contribution in [0, 0.1) is 5.92 Å². The van der Waals surface area contributed by atoms with E-state index < -0.39 is 0 Å². The number of rotatable bonds is 2. The lowest BCUT2D eigenvalue weighted by Gasteiger charge is -2.35. The quantitative estimate of drug-likeness (QED) is 0.758. The maximum atomic E-state index is 11.8. The van der Waals surface area contributed by atoms with Gasteiger partial charge in [0.2, 0.25) is 0 Å². The van der Waals surface area contributed by atoms with E-state index in [1.54, 1.807) is 0 Å². The molecule has 1 heterocycles. The van der Waals surface area contributed by atoms with Gasteiger partial charge >= 0.3 is 0 Å². The van der Waals surface area contributed by atoms with Crippen LogP contribution in [0.15, 0.2) is 30.3 Å². The van der Waals surface area contributed by atoms with Gasteiger partial charge in [-0.15, -0.1) is 0 Å². The molecule has 0 radical (unpaired) electrons. The van der Waals surface area contributed by atoms with Crippen molar-refractivity contribution in [3.63, 3.8) is 0 Å². The molecule has 86 valence electrons. The molecule has 0 amide bonds. The highest BCUT2D eigenvalue weighted by Crippen LogP contribution is 2.20. The maximum Gasteiger partial charge on any atom is 0.150 e. The second-order valence-electron chi connectivity index (χ2n) is 4.87. The zero-order valence-electron chi connectivity index (χ0n) is 10.0. The Labute approximate surface area is 97.3 Å². The van der Waals surface area contributed by atoms with E-state index >= 15 is 0 Å². The van der Waals surface area contributed by atoms with Crippen molar-refractivity contribution in [1.82, 2.24) is 4.90 Å². The fourth-order valence-corrected chi connectivity index (χ4v) is 2.36. The predicted molar refractivity (Wildman–Crippen MR) is 65.1 cm³/mol. The minimum absolute atomic E-state index is 0.0800. The van der Waals surface area contributed by atoms with Gasteiger partial charge in [-0.05, 0) is 18.4 Å². The minimum atomic E-state index is 0.0800. The van der Waals surface area contributed by atoms with Gasteiger partial charge in [0.05, 0.1) is 6.04 Å². The van der Waals surface area contributed by atoms with Crippen LogP contribution in [0.5, 0.6) is 0 Å². The fourth-order valence-electron chi connectivity index (χ4n) is 2.36. The van der Waals surface area contributed by atoms with Crippen LogP contribution in [-0.2, 0) is 11.3 Å². The average Bonchev–Trinajstić information content (AvgIpc) is 2.27.